The van der Waals surface area contributed by atoms with E-state index in [-0.39, 0.29) is 18.0 Å². The zero-order valence-corrected chi connectivity index (χ0v) is 6.53. The fraction of sp³-hybridized carbons (Fsp3) is 0.143. The summed E-state index contributed by atoms with van der Waals surface area (Å²) in [5.41, 5.74) is -0.218. The maximum atomic E-state index is 13.0. The molecule has 0 unspecified atom stereocenters. The van der Waals surface area contributed by atoms with Crippen molar-refractivity contribution >= 4 is 12.6 Å². The zero-order valence-electron chi connectivity index (χ0n) is 6.53. The molecule has 4 nitrogen and oxygen atoms in total. The molecule has 68 valence electrons. The third kappa shape index (κ3) is 1.34. The molecule has 1 aromatic rings. The molecule has 0 saturated heterocycles. The summed E-state index contributed by atoms with van der Waals surface area (Å²) in [5.74, 6) is -0.120. The minimum Gasteiger partial charge on any atom is -0.454 e. The molecule has 0 radical (unpaired) electrons. The smallest absolute Gasteiger partial charge is 0.454 e. The Hall–Kier alpha value is -1.27. The average molecular weight is 184 g/mol. The van der Waals surface area contributed by atoms with Gasteiger partial charge in [-0.25, -0.2) is 4.39 Å². The molecular formula is C7H6BFO4. The topological polar surface area (TPSA) is 58.9 Å². The van der Waals surface area contributed by atoms with Gasteiger partial charge in [0.2, 0.25) is 6.79 Å². The molecule has 6 heteroatoms. The molecular weight excluding hydrogens is 178 g/mol. The summed E-state index contributed by atoms with van der Waals surface area (Å²) < 4.78 is 22.9. The Bertz CT molecular complexity index is 342. The van der Waals surface area contributed by atoms with Crippen LogP contribution in [0.15, 0.2) is 12.1 Å². The predicted octanol–water partition coefficient (Wildman–Crippen LogP) is -0.766. The van der Waals surface area contributed by atoms with Crippen molar-refractivity contribution in [2.45, 2.75) is 0 Å². The van der Waals surface area contributed by atoms with Crippen molar-refractivity contribution in [3.05, 3.63) is 17.9 Å². The Kier molecular flexibility index (Phi) is 1.86. The molecule has 0 fully saturated rings. The lowest BCUT2D eigenvalue weighted by Gasteiger charge is -2.02. The molecule has 13 heavy (non-hydrogen) atoms. The number of hydrogen-bond acceptors (Lipinski definition) is 4. The maximum Gasteiger partial charge on any atom is 0.491 e. The number of fused-ring (bicyclic) bond motifs is 1. The average Bonchev–Trinajstić information content (AvgIpc) is 2.48. The van der Waals surface area contributed by atoms with Crippen molar-refractivity contribution in [3.8, 4) is 11.5 Å². The van der Waals surface area contributed by atoms with Gasteiger partial charge in [-0.2, -0.15) is 0 Å². The Morgan fingerprint density at radius 2 is 1.85 bits per heavy atom. The van der Waals surface area contributed by atoms with Crippen molar-refractivity contribution < 1.29 is 23.9 Å². The first-order chi connectivity index (χ1) is 6.18. The van der Waals surface area contributed by atoms with Crippen LogP contribution in [-0.2, 0) is 0 Å². The van der Waals surface area contributed by atoms with E-state index in [2.05, 4.69) is 0 Å². The Balaban J connectivity index is 2.49. The van der Waals surface area contributed by atoms with Crippen molar-refractivity contribution in [1.82, 2.24) is 0 Å². The third-order valence-electron chi connectivity index (χ3n) is 1.77. The van der Waals surface area contributed by atoms with E-state index in [1.165, 1.54) is 6.07 Å². The molecule has 1 heterocycles. The number of halogens is 1. The minimum absolute atomic E-state index is 0.0275. The first-order valence-corrected chi connectivity index (χ1v) is 3.63. The van der Waals surface area contributed by atoms with Crippen LogP contribution in [0.4, 0.5) is 4.39 Å². The van der Waals surface area contributed by atoms with Gasteiger partial charge in [0.1, 0.15) is 5.82 Å². The molecule has 0 aromatic heterocycles. The maximum absolute atomic E-state index is 13.0. The molecule has 2 N–H and O–H groups in total. The number of hydrogen-bond donors (Lipinski definition) is 2. The van der Waals surface area contributed by atoms with E-state index in [0.29, 0.717) is 5.75 Å². The number of benzene rings is 1. The third-order valence-corrected chi connectivity index (χ3v) is 1.77. The van der Waals surface area contributed by atoms with Crippen LogP contribution in [0.25, 0.3) is 0 Å². The van der Waals surface area contributed by atoms with Crippen molar-refractivity contribution in [2.75, 3.05) is 6.79 Å². The molecule has 0 atom stereocenters. The van der Waals surface area contributed by atoms with E-state index < -0.39 is 12.9 Å². The summed E-state index contributed by atoms with van der Waals surface area (Å²) >= 11 is 0. The van der Waals surface area contributed by atoms with Gasteiger partial charge >= 0.3 is 7.12 Å². The van der Waals surface area contributed by atoms with E-state index in [1.807, 2.05) is 0 Å². The second-order valence-electron chi connectivity index (χ2n) is 2.60. The van der Waals surface area contributed by atoms with Gasteiger partial charge in [-0.3, -0.25) is 0 Å². The molecule has 1 aliphatic rings. The van der Waals surface area contributed by atoms with Crippen LogP contribution in [0.3, 0.4) is 0 Å². The summed E-state index contributed by atoms with van der Waals surface area (Å²) in [4.78, 5) is 0. The SMILES string of the molecule is OB(O)c1cc2c(cc1F)OCO2. The highest BCUT2D eigenvalue weighted by Gasteiger charge is 2.23. The fourth-order valence-electron chi connectivity index (χ4n) is 1.13. The van der Waals surface area contributed by atoms with E-state index in [4.69, 9.17) is 19.5 Å². The van der Waals surface area contributed by atoms with Gasteiger partial charge < -0.3 is 19.5 Å². The minimum atomic E-state index is -1.84. The van der Waals surface area contributed by atoms with E-state index in [1.54, 1.807) is 0 Å². The van der Waals surface area contributed by atoms with Gasteiger partial charge in [-0.15, -0.1) is 0 Å². The van der Waals surface area contributed by atoms with Crippen LogP contribution in [0, 0.1) is 5.82 Å². The monoisotopic (exact) mass is 184 g/mol. The van der Waals surface area contributed by atoms with Crippen LogP contribution in [0.5, 0.6) is 11.5 Å². The molecule has 1 aliphatic heterocycles. The molecule has 1 aromatic carbocycles. The van der Waals surface area contributed by atoms with Gasteiger partial charge in [0.05, 0.1) is 0 Å². The van der Waals surface area contributed by atoms with Crippen LogP contribution < -0.4 is 14.9 Å². The van der Waals surface area contributed by atoms with Crippen molar-refractivity contribution in [1.29, 1.82) is 0 Å². The lowest BCUT2D eigenvalue weighted by molar-refractivity contribution is 0.174. The predicted molar refractivity (Wildman–Crippen MR) is 42.3 cm³/mol. The highest BCUT2D eigenvalue weighted by Crippen LogP contribution is 2.31. The Labute approximate surface area is 73.7 Å². The van der Waals surface area contributed by atoms with Crippen LogP contribution >= 0.6 is 0 Å². The standard InChI is InChI=1S/C7H6BFO4/c9-5-2-7-6(12-3-13-7)1-4(5)8(10)11/h1-2,10-11H,3H2. The summed E-state index contributed by atoms with van der Waals surface area (Å²) in [6.07, 6.45) is 0. The molecule has 0 saturated carbocycles. The van der Waals surface area contributed by atoms with E-state index >= 15 is 0 Å². The van der Waals surface area contributed by atoms with Crippen molar-refractivity contribution in [3.63, 3.8) is 0 Å². The first-order valence-electron chi connectivity index (χ1n) is 3.63. The second kappa shape index (κ2) is 2.90. The molecule has 0 spiro atoms. The van der Waals surface area contributed by atoms with Gasteiger partial charge in [0.15, 0.2) is 11.5 Å². The van der Waals surface area contributed by atoms with Gasteiger partial charge in [0, 0.05) is 11.5 Å². The van der Waals surface area contributed by atoms with Crippen LogP contribution in [0.2, 0.25) is 0 Å². The molecule has 0 bridgehead atoms. The molecule has 2 rings (SSSR count). The van der Waals surface area contributed by atoms with Crippen molar-refractivity contribution in [2.24, 2.45) is 0 Å². The first kappa shape index (κ1) is 8.34. The number of ether oxygens (including phenoxy) is 2. The highest BCUT2D eigenvalue weighted by molar-refractivity contribution is 6.58. The summed E-state index contributed by atoms with van der Waals surface area (Å²) in [5, 5.41) is 17.5. The van der Waals surface area contributed by atoms with Crippen LogP contribution in [0.1, 0.15) is 0 Å². The van der Waals surface area contributed by atoms with Gasteiger partial charge in [-0.05, 0) is 6.07 Å². The fourth-order valence-corrected chi connectivity index (χ4v) is 1.13. The van der Waals surface area contributed by atoms with Gasteiger partial charge in [-0.1, -0.05) is 0 Å². The molecule has 0 amide bonds. The summed E-state index contributed by atoms with van der Waals surface area (Å²) in [6.45, 7) is 0.0275. The molecule has 0 aliphatic carbocycles. The van der Waals surface area contributed by atoms with E-state index in [0.717, 1.165) is 6.07 Å². The quantitative estimate of drug-likeness (QED) is 0.562. The lowest BCUT2D eigenvalue weighted by Crippen LogP contribution is -2.32. The second-order valence-corrected chi connectivity index (χ2v) is 2.60. The van der Waals surface area contributed by atoms with E-state index in [9.17, 15) is 4.39 Å². The Morgan fingerprint density at radius 3 is 2.46 bits per heavy atom. The zero-order chi connectivity index (χ0) is 9.42. The Morgan fingerprint density at radius 1 is 1.23 bits per heavy atom. The summed E-state index contributed by atoms with van der Waals surface area (Å²) in [7, 11) is -1.84. The highest BCUT2D eigenvalue weighted by atomic mass is 19.1. The lowest BCUT2D eigenvalue weighted by atomic mass is 9.80. The van der Waals surface area contributed by atoms with Gasteiger partial charge in [0.25, 0.3) is 0 Å². The normalized spacial score (nSPS) is 13.2. The summed E-state index contributed by atoms with van der Waals surface area (Å²) in [6, 6.07) is 2.28. The largest absolute Gasteiger partial charge is 0.491 e. The number of rotatable bonds is 1. The van der Waals surface area contributed by atoms with Crippen LogP contribution in [-0.4, -0.2) is 24.0 Å².